The molecule has 0 aromatic heterocycles. The number of non-ortho nitro benzene ring substituents is 1. The van der Waals surface area contributed by atoms with E-state index < -0.39 is 4.92 Å². The van der Waals surface area contributed by atoms with E-state index in [1.165, 1.54) is 24.3 Å². The molecule has 82 valence electrons. The third-order valence-electron chi connectivity index (χ3n) is 2.05. The van der Waals surface area contributed by atoms with Crippen molar-refractivity contribution >= 4 is 11.5 Å². The lowest BCUT2D eigenvalue weighted by atomic mass is 10.0. The summed E-state index contributed by atoms with van der Waals surface area (Å²) < 4.78 is 0. The molecular formula is C12H11NO3. The molecule has 4 heteroatoms. The summed E-state index contributed by atoms with van der Waals surface area (Å²) in [6.07, 6.45) is 2.00. The molecule has 0 aliphatic rings. The normalized spacial score (nSPS) is 9.50. The Bertz CT molecular complexity index is 446. The number of rotatable bonds is 5. The second-order valence-corrected chi connectivity index (χ2v) is 3.23. The highest BCUT2D eigenvalue weighted by molar-refractivity contribution is 6.08. The maximum atomic E-state index is 11.7. The molecule has 0 aliphatic carbocycles. The van der Waals surface area contributed by atoms with Crippen LogP contribution >= 0.6 is 0 Å². The van der Waals surface area contributed by atoms with Crippen molar-refractivity contribution < 1.29 is 9.72 Å². The summed E-state index contributed by atoms with van der Waals surface area (Å²) in [5.41, 5.74) is 0.784. The van der Waals surface area contributed by atoms with Gasteiger partial charge in [0.2, 0.25) is 0 Å². The molecule has 0 saturated carbocycles. The van der Waals surface area contributed by atoms with Crippen molar-refractivity contribution in [2.24, 2.45) is 0 Å². The molecule has 4 nitrogen and oxygen atoms in total. The summed E-state index contributed by atoms with van der Waals surface area (Å²) in [5.74, 6) is -0.213. The molecule has 0 spiro atoms. The van der Waals surface area contributed by atoms with Crippen molar-refractivity contribution in [3.8, 4) is 0 Å². The first-order valence-electron chi connectivity index (χ1n) is 4.64. The summed E-state index contributed by atoms with van der Waals surface area (Å²) in [6.45, 7) is 7.14. The van der Waals surface area contributed by atoms with Crippen LogP contribution < -0.4 is 0 Å². The van der Waals surface area contributed by atoms with Gasteiger partial charge in [-0.2, -0.15) is 0 Å². The molecule has 0 saturated heterocycles. The number of nitrogens with zero attached hydrogens (tertiary/aromatic N) is 1. The van der Waals surface area contributed by atoms with Crippen LogP contribution in [0.5, 0.6) is 0 Å². The van der Waals surface area contributed by atoms with Crippen LogP contribution in [-0.2, 0) is 0 Å². The maximum Gasteiger partial charge on any atom is 0.269 e. The lowest BCUT2D eigenvalue weighted by molar-refractivity contribution is -0.384. The van der Waals surface area contributed by atoms with Gasteiger partial charge >= 0.3 is 0 Å². The number of carbonyl (C=O) groups is 1. The number of nitro groups is 1. The molecule has 1 aromatic carbocycles. The predicted molar refractivity (Wildman–Crippen MR) is 61.4 cm³/mol. The zero-order valence-corrected chi connectivity index (χ0v) is 8.68. The Balaban J connectivity index is 2.89. The number of hydrogen-bond donors (Lipinski definition) is 0. The largest absolute Gasteiger partial charge is 0.289 e. The summed E-state index contributed by atoms with van der Waals surface area (Å²) in [6, 6.07) is 5.45. The van der Waals surface area contributed by atoms with E-state index in [0.29, 0.717) is 17.6 Å². The monoisotopic (exact) mass is 217 g/mol. The third-order valence-corrected chi connectivity index (χ3v) is 2.05. The predicted octanol–water partition coefficient (Wildman–Crippen LogP) is 2.91. The zero-order valence-electron chi connectivity index (χ0n) is 8.68. The van der Waals surface area contributed by atoms with Gasteiger partial charge in [-0.1, -0.05) is 12.7 Å². The van der Waals surface area contributed by atoms with Crippen LogP contribution in [0, 0.1) is 10.1 Å². The van der Waals surface area contributed by atoms with Gasteiger partial charge in [0.1, 0.15) is 0 Å². The minimum atomic E-state index is -0.507. The van der Waals surface area contributed by atoms with Crippen LogP contribution in [-0.4, -0.2) is 10.7 Å². The number of hydrogen-bond acceptors (Lipinski definition) is 3. The molecule has 0 fully saturated rings. The second kappa shape index (κ2) is 5.02. The number of allylic oxidation sites excluding steroid dienone is 2. The van der Waals surface area contributed by atoms with E-state index in [4.69, 9.17) is 0 Å². The van der Waals surface area contributed by atoms with E-state index in [2.05, 4.69) is 13.2 Å². The molecular weight excluding hydrogens is 206 g/mol. The lowest BCUT2D eigenvalue weighted by Crippen LogP contribution is -2.01. The smallest absolute Gasteiger partial charge is 0.269 e. The van der Waals surface area contributed by atoms with Crippen LogP contribution in [0.3, 0.4) is 0 Å². The van der Waals surface area contributed by atoms with E-state index in [-0.39, 0.29) is 11.5 Å². The molecule has 0 aliphatic heterocycles. The number of benzene rings is 1. The van der Waals surface area contributed by atoms with Gasteiger partial charge in [0.15, 0.2) is 5.78 Å². The van der Waals surface area contributed by atoms with Crippen molar-refractivity contribution in [1.82, 2.24) is 0 Å². The van der Waals surface area contributed by atoms with E-state index >= 15 is 0 Å². The van der Waals surface area contributed by atoms with Crippen LogP contribution in [0.25, 0.3) is 0 Å². The van der Waals surface area contributed by atoms with Crippen LogP contribution in [0.4, 0.5) is 5.69 Å². The standard InChI is InChI=1S/C12H11NO3/c1-3-4-9(2)12(14)10-5-7-11(8-6-10)13(15)16/h3,5-8H,1-2,4H2. The van der Waals surface area contributed by atoms with E-state index in [1.807, 2.05) is 0 Å². The number of ketones is 1. The van der Waals surface area contributed by atoms with Gasteiger partial charge in [-0.25, -0.2) is 0 Å². The fourth-order valence-corrected chi connectivity index (χ4v) is 1.21. The summed E-state index contributed by atoms with van der Waals surface area (Å²) >= 11 is 0. The Hall–Kier alpha value is -2.23. The molecule has 0 unspecified atom stereocenters. The molecule has 0 radical (unpaired) electrons. The Labute approximate surface area is 93.1 Å². The van der Waals surface area contributed by atoms with E-state index in [0.717, 1.165) is 0 Å². The molecule has 0 bridgehead atoms. The topological polar surface area (TPSA) is 60.2 Å². The number of nitro benzene ring substituents is 1. The SMILES string of the molecule is C=CCC(=C)C(=O)c1ccc([N+](=O)[O-])cc1. The van der Waals surface area contributed by atoms with Gasteiger partial charge < -0.3 is 0 Å². The highest BCUT2D eigenvalue weighted by Crippen LogP contribution is 2.15. The Morgan fingerprint density at radius 3 is 2.38 bits per heavy atom. The van der Waals surface area contributed by atoms with E-state index in [9.17, 15) is 14.9 Å². The molecule has 0 N–H and O–H groups in total. The average Bonchev–Trinajstić information content (AvgIpc) is 2.28. The quantitative estimate of drug-likeness (QED) is 0.250. The first-order valence-corrected chi connectivity index (χ1v) is 4.64. The van der Waals surface area contributed by atoms with Crippen LogP contribution in [0.2, 0.25) is 0 Å². The molecule has 0 amide bonds. The van der Waals surface area contributed by atoms with Gasteiger partial charge in [-0.15, -0.1) is 6.58 Å². The Morgan fingerprint density at radius 1 is 1.38 bits per heavy atom. The minimum Gasteiger partial charge on any atom is -0.289 e. The van der Waals surface area contributed by atoms with Gasteiger partial charge in [0, 0.05) is 17.7 Å². The third kappa shape index (κ3) is 2.63. The van der Waals surface area contributed by atoms with Gasteiger partial charge in [-0.3, -0.25) is 14.9 Å². The maximum absolute atomic E-state index is 11.7. The average molecular weight is 217 g/mol. The second-order valence-electron chi connectivity index (χ2n) is 3.23. The molecule has 16 heavy (non-hydrogen) atoms. The van der Waals surface area contributed by atoms with Crippen molar-refractivity contribution in [2.75, 3.05) is 0 Å². The van der Waals surface area contributed by atoms with Crippen molar-refractivity contribution in [1.29, 1.82) is 0 Å². The zero-order chi connectivity index (χ0) is 12.1. The van der Waals surface area contributed by atoms with E-state index in [1.54, 1.807) is 6.08 Å². The summed E-state index contributed by atoms with van der Waals surface area (Å²) in [5, 5.41) is 10.4. The van der Waals surface area contributed by atoms with Crippen molar-refractivity contribution in [3.05, 3.63) is 64.8 Å². The van der Waals surface area contributed by atoms with Gasteiger partial charge in [0.05, 0.1) is 4.92 Å². The molecule has 0 heterocycles. The van der Waals surface area contributed by atoms with Gasteiger partial charge in [0.25, 0.3) is 5.69 Å². The summed E-state index contributed by atoms with van der Waals surface area (Å²) in [7, 11) is 0. The van der Waals surface area contributed by atoms with Crippen molar-refractivity contribution in [2.45, 2.75) is 6.42 Å². The highest BCUT2D eigenvalue weighted by atomic mass is 16.6. The number of Topliss-reactive ketones (excluding diaryl/α,β-unsaturated/α-hetero) is 1. The Morgan fingerprint density at radius 2 is 1.94 bits per heavy atom. The molecule has 0 atom stereocenters. The van der Waals surface area contributed by atoms with Gasteiger partial charge in [-0.05, 0) is 24.1 Å². The first-order chi connectivity index (χ1) is 7.56. The van der Waals surface area contributed by atoms with Crippen molar-refractivity contribution in [3.63, 3.8) is 0 Å². The van der Waals surface area contributed by atoms with Crippen LogP contribution in [0.15, 0.2) is 49.1 Å². The highest BCUT2D eigenvalue weighted by Gasteiger charge is 2.11. The minimum absolute atomic E-state index is 0.0362. The number of carbonyl (C=O) groups excluding carboxylic acids is 1. The fraction of sp³-hybridized carbons (Fsp3) is 0.0833. The summed E-state index contributed by atoms with van der Waals surface area (Å²) in [4.78, 5) is 21.6. The first kappa shape index (κ1) is 11.8. The fourth-order valence-electron chi connectivity index (χ4n) is 1.21. The Kier molecular flexibility index (Phi) is 3.72. The molecule has 1 rings (SSSR count). The van der Waals surface area contributed by atoms with Crippen LogP contribution in [0.1, 0.15) is 16.8 Å². The molecule has 1 aromatic rings. The lowest BCUT2D eigenvalue weighted by Gasteiger charge is -2.01.